The van der Waals surface area contributed by atoms with E-state index in [-0.39, 0.29) is 46.9 Å². The van der Waals surface area contributed by atoms with Gasteiger partial charge in [0.25, 0.3) is 15.2 Å². The van der Waals surface area contributed by atoms with E-state index in [1.165, 1.54) is 0 Å². The first-order valence-corrected chi connectivity index (χ1v) is 41.1. The zero-order valence-corrected chi connectivity index (χ0v) is 48.5. The van der Waals surface area contributed by atoms with Gasteiger partial charge in [-0.3, -0.25) is 9.13 Å². The molecule has 0 saturated carbocycles. The van der Waals surface area contributed by atoms with Crippen molar-refractivity contribution >= 4 is 64.6 Å². The summed E-state index contributed by atoms with van der Waals surface area (Å²) in [6, 6.07) is 0. The Morgan fingerprint density at radius 2 is 0.360 bits per heavy atom. The monoisotopic (exact) mass is 1010 g/mol. The molecule has 0 rings (SSSR count). The first-order valence-electron chi connectivity index (χ1n) is 17.3. The van der Waals surface area contributed by atoms with E-state index in [2.05, 4.69) is 118 Å². The third-order valence-electron chi connectivity index (χ3n) is 5.14. The van der Waals surface area contributed by atoms with Crippen molar-refractivity contribution in [2.24, 2.45) is 0 Å². The van der Waals surface area contributed by atoms with Crippen LogP contribution in [0.15, 0.2) is 0 Å². The Kier molecular flexibility index (Phi) is 33.7. The van der Waals surface area contributed by atoms with Crippen molar-refractivity contribution in [1.82, 2.24) is 28.0 Å². The molecule has 0 atom stereocenters. The molecule has 0 aliphatic carbocycles. The average Bonchev–Trinajstić information content (AvgIpc) is 2.70. The first-order chi connectivity index (χ1) is 20.8. The summed E-state index contributed by atoms with van der Waals surface area (Å²) in [5.74, 6) is 0. The largest absolute Gasteiger partial charge is 3.00 e. The van der Waals surface area contributed by atoms with Crippen molar-refractivity contribution in [1.29, 1.82) is 0 Å². The van der Waals surface area contributed by atoms with Crippen LogP contribution in [0.25, 0.3) is 13.9 Å². The molecule has 0 aromatic rings. The molecule has 0 aromatic carbocycles. The third-order valence-corrected chi connectivity index (χ3v) is 27.5. The zero-order chi connectivity index (χ0) is 41.6. The number of nitrogens with zero attached hydrogens (tertiary/aromatic N) is 9. The predicted octanol–water partition coefficient (Wildman–Crippen LogP) is 10.6. The molecule has 0 aliphatic rings. The van der Waals surface area contributed by atoms with E-state index in [0.29, 0.717) is 0 Å². The van der Waals surface area contributed by atoms with Gasteiger partial charge in [-0.25, -0.2) is 28.0 Å². The topological polar surface area (TPSA) is 95.9 Å². The molecular formula is C30H90N9O2P2Si6Yb. The zero-order valence-electron chi connectivity index (χ0n) is 39.0. The summed E-state index contributed by atoms with van der Waals surface area (Å²) < 4.78 is 49.1. The van der Waals surface area contributed by atoms with Gasteiger partial charge < -0.3 is 13.9 Å². The van der Waals surface area contributed by atoms with Gasteiger partial charge in [0.1, 0.15) is 0 Å². The standard InChI is InChI=1S/2C6H18N3OP.3C6H18NSi2.Yb/c2*1-7(2)11(10,8(3)4)9(5)6;3*1-8(2,3)7-9(4,5)6;/h2*1-6H3;3*1-6H3;/q;;3*-1;+3. The number of hydrogen-bond acceptors (Lipinski definition) is 2. The Bertz CT molecular complexity index is 778. The molecule has 1 radical (unpaired) electrons. The second-order valence-corrected chi connectivity index (χ2v) is 55.1. The molecule has 0 unspecified atom stereocenters. The maximum atomic E-state index is 12.1. The summed E-state index contributed by atoms with van der Waals surface area (Å²) >= 11 is 0. The third kappa shape index (κ3) is 39.2. The van der Waals surface area contributed by atoms with Crippen molar-refractivity contribution in [2.45, 2.75) is 118 Å². The molecule has 50 heavy (non-hydrogen) atoms. The molecule has 0 aromatic heterocycles. The maximum absolute atomic E-state index is 12.1. The molecule has 0 heterocycles. The summed E-state index contributed by atoms with van der Waals surface area (Å²) in [7, 11) is 10.3. The smallest absolute Gasteiger partial charge is 0.668 e. The van der Waals surface area contributed by atoms with Gasteiger partial charge in [-0.05, 0) is 84.6 Å². The molecular weight excluding hydrogens is 922 g/mol. The van der Waals surface area contributed by atoms with Crippen molar-refractivity contribution in [2.75, 3.05) is 84.6 Å². The molecule has 0 fully saturated rings. The van der Waals surface area contributed by atoms with Gasteiger partial charge in [-0.1, -0.05) is 167 Å². The van der Waals surface area contributed by atoms with Crippen LogP contribution >= 0.6 is 15.2 Å². The Labute approximate surface area is 361 Å². The molecule has 0 saturated heterocycles. The van der Waals surface area contributed by atoms with E-state index in [1.54, 1.807) is 28.0 Å². The molecule has 0 amide bonds. The van der Waals surface area contributed by atoms with Gasteiger partial charge in [0.15, 0.2) is 0 Å². The van der Waals surface area contributed by atoms with E-state index in [1.807, 2.05) is 84.6 Å². The minimum Gasteiger partial charge on any atom is -0.668 e. The van der Waals surface area contributed by atoms with Gasteiger partial charge in [-0.15, -0.1) is 0 Å². The van der Waals surface area contributed by atoms with Crippen LogP contribution in [0.4, 0.5) is 0 Å². The fourth-order valence-corrected chi connectivity index (χ4v) is 33.6. The molecule has 0 spiro atoms. The van der Waals surface area contributed by atoms with E-state index in [9.17, 15) is 9.13 Å². The predicted molar refractivity (Wildman–Crippen MR) is 247 cm³/mol. The van der Waals surface area contributed by atoms with Crippen LogP contribution in [0, 0.1) is 46.9 Å². The minimum atomic E-state index is -2.44. The summed E-state index contributed by atoms with van der Waals surface area (Å²) in [4.78, 5) is 0. The Morgan fingerprint density at radius 1 is 0.280 bits per heavy atom. The van der Waals surface area contributed by atoms with Crippen LogP contribution in [-0.4, -0.2) is 162 Å². The maximum Gasteiger partial charge on any atom is 3.00 e. The fourth-order valence-electron chi connectivity index (χ4n) is 5.17. The fraction of sp³-hybridized carbons (Fsp3) is 1.00. The number of rotatable bonds is 12. The molecule has 11 nitrogen and oxygen atoms in total. The average molecular weight is 1010 g/mol. The van der Waals surface area contributed by atoms with Crippen molar-refractivity contribution in [3.05, 3.63) is 13.9 Å². The van der Waals surface area contributed by atoms with Gasteiger partial charge in [0.05, 0.1) is 0 Å². The van der Waals surface area contributed by atoms with Gasteiger partial charge in [0.2, 0.25) is 0 Å². The van der Waals surface area contributed by atoms with Crippen molar-refractivity contribution in [3.8, 4) is 0 Å². The minimum absolute atomic E-state index is 0. The number of hydrogen-bond donors (Lipinski definition) is 0. The van der Waals surface area contributed by atoms with Crippen molar-refractivity contribution in [3.63, 3.8) is 0 Å². The summed E-state index contributed by atoms with van der Waals surface area (Å²) in [5, 5.41) is 0. The Morgan fingerprint density at radius 3 is 0.360 bits per heavy atom. The van der Waals surface area contributed by atoms with Crippen LogP contribution in [-0.2, 0) is 9.13 Å². The second kappa shape index (κ2) is 26.0. The Balaban J connectivity index is -0.000000121. The summed E-state index contributed by atoms with van der Waals surface area (Å²) in [5.41, 5.74) is 0. The van der Waals surface area contributed by atoms with Crippen LogP contribution in [0.2, 0.25) is 118 Å². The van der Waals surface area contributed by atoms with Gasteiger partial charge in [0, 0.05) is 0 Å². The van der Waals surface area contributed by atoms with E-state index in [0.717, 1.165) is 0 Å². The normalized spacial score (nSPS) is 13.5. The summed E-state index contributed by atoms with van der Waals surface area (Å²) in [6.07, 6.45) is 0. The molecule has 0 N–H and O–H groups in total. The van der Waals surface area contributed by atoms with Crippen molar-refractivity contribution < 1.29 is 56.1 Å². The molecule has 0 bridgehead atoms. The van der Waals surface area contributed by atoms with Gasteiger partial charge in [-0.2, -0.15) is 0 Å². The quantitative estimate of drug-likeness (QED) is 0.141. The van der Waals surface area contributed by atoms with Crippen LogP contribution in [0.5, 0.6) is 0 Å². The molecule has 315 valence electrons. The van der Waals surface area contributed by atoms with Gasteiger partial charge >= 0.3 is 46.9 Å². The van der Waals surface area contributed by atoms with E-state index in [4.69, 9.17) is 13.9 Å². The van der Waals surface area contributed by atoms with Crippen LogP contribution < -0.4 is 0 Å². The van der Waals surface area contributed by atoms with E-state index < -0.39 is 64.6 Å². The SMILES string of the molecule is CN(C)P(=O)(N(C)C)N(C)C.CN(C)P(=O)(N(C)C)N(C)C.C[Si](C)(C)[N-][Si](C)(C)C.C[Si](C)(C)[N-][Si](C)(C)C.C[Si](C)(C)[N-][Si](C)(C)C.[Yb+3]. The van der Waals surface area contributed by atoms with E-state index >= 15 is 0 Å². The Hall–Kier alpha value is 2.92. The second-order valence-electron chi connectivity index (χ2n) is 19.5. The molecule has 20 heteroatoms. The van der Waals surface area contributed by atoms with Crippen LogP contribution in [0.3, 0.4) is 0 Å². The first kappa shape index (κ1) is 64.8. The van der Waals surface area contributed by atoms with Crippen LogP contribution in [0.1, 0.15) is 0 Å². The molecule has 0 aliphatic heterocycles. The summed E-state index contributed by atoms with van der Waals surface area (Å²) in [6.45, 7) is 41.3.